The van der Waals surface area contributed by atoms with Gasteiger partial charge in [-0.3, -0.25) is 14.6 Å². The van der Waals surface area contributed by atoms with Crippen molar-refractivity contribution in [1.82, 2.24) is 19.9 Å². The van der Waals surface area contributed by atoms with E-state index in [0.29, 0.717) is 37.6 Å². The molecule has 8 nitrogen and oxygen atoms in total. The van der Waals surface area contributed by atoms with Gasteiger partial charge in [0.15, 0.2) is 0 Å². The van der Waals surface area contributed by atoms with Crippen molar-refractivity contribution in [3.05, 3.63) is 54.4 Å². The molecule has 2 aromatic heterocycles. The van der Waals surface area contributed by atoms with Crippen LogP contribution in [0.1, 0.15) is 17.3 Å². The van der Waals surface area contributed by atoms with Crippen molar-refractivity contribution < 1.29 is 9.59 Å². The molecule has 2 amide bonds. The van der Waals surface area contributed by atoms with E-state index in [1.807, 2.05) is 24.3 Å². The number of piperazine rings is 1. The van der Waals surface area contributed by atoms with E-state index in [1.54, 1.807) is 23.2 Å². The first-order valence-corrected chi connectivity index (χ1v) is 9.10. The third kappa shape index (κ3) is 3.75. The number of carbonyl (C=O) groups excluding carboxylic acids is 2. The minimum atomic E-state index is -0.220. The van der Waals surface area contributed by atoms with Crippen LogP contribution in [0.5, 0.6) is 0 Å². The summed E-state index contributed by atoms with van der Waals surface area (Å²) < 4.78 is 0. The number of rotatable bonds is 3. The van der Waals surface area contributed by atoms with Crippen LogP contribution < -0.4 is 10.2 Å². The van der Waals surface area contributed by atoms with Crippen molar-refractivity contribution in [2.75, 3.05) is 36.4 Å². The molecule has 1 fully saturated rings. The second-order valence-corrected chi connectivity index (χ2v) is 6.61. The molecular weight excluding hydrogens is 356 g/mol. The number of anilines is 2. The van der Waals surface area contributed by atoms with Gasteiger partial charge in [0, 0.05) is 44.9 Å². The van der Waals surface area contributed by atoms with Gasteiger partial charge in [-0.25, -0.2) is 9.97 Å². The van der Waals surface area contributed by atoms with E-state index in [4.69, 9.17) is 0 Å². The van der Waals surface area contributed by atoms with E-state index in [-0.39, 0.29) is 11.8 Å². The topological polar surface area (TPSA) is 91.3 Å². The van der Waals surface area contributed by atoms with Gasteiger partial charge in [-0.2, -0.15) is 0 Å². The number of nitrogens with zero attached hydrogens (tertiary/aromatic N) is 5. The fraction of sp³-hybridized carbons (Fsp3) is 0.250. The third-order valence-electron chi connectivity index (χ3n) is 4.64. The van der Waals surface area contributed by atoms with E-state index in [1.165, 1.54) is 13.1 Å². The molecule has 28 heavy (non-hydrogen) atoms. The summed E-state index contributed by atoms with van der Waals surface area (Å²) in [6, 6.07) is 11.0. The van der Waals surface area contributed by atoms with Gasteiger partial charge in [-0.1, -0.05) is 12.1 Å². The van der Waals surface area contributed by atoms with Crippen LogP contribution in [0.3, 0.4) is 0 Å². The highest BCUT2D eigenvalue weighted by Gasteiger charge is 2.23. The Hall–Kier alpha value is -3.55. The first-order chi connectivity index (χ1) is 13.6. The first kappa shape index (κ1) is 17.8. The lowest BCUT2D eigenvalue weighted by Gasteiger charge is -2.35. The molecule has 1 saturated heterocycles. The molecule has 0 radical (unpaired) electrons. The highest BCUT2D eigenvalue weighted by Crippen LogP contribution is 2.18. The summed E-state index contributed by atoms with van der Waals surface area (Å²) in [5, 5.41) is 2.60. The van der Waals surface area contributed by atoms with Crippen molar-refractivity contribution in [2.24, 2.45) is 0 Å². The van der Waals surface area contributed by atoms with Gasteiger partial charge in [0.1, 0.15) is 11.6 Å². The molecule has 0 saturated carbocycles. The Morgan fingerprint density at radius 1 is 1.00 bits per heavy atom. The molecule has 0 spiro atoms. The monoisotopic (exact) mass is 376 g/mol. The molecule has 3 aromatic rings. The molecule has 142 valence electrons. The maximum absolute atomic E-state index is 12.8. The minimum absolute atomic E-state index is 0.0711. The summed E-state index contributed by atoms with van der Waals surface area (Å²) in [6.07, 6.45) is 3.31. The van der Waals surface area contributed by atoms with Crippen molar-refractivity contribution in [3.8, 4) is 0 Å². The number of fused-ring (bicyclic) bond motifs is 1. The summed E-state index contributed by atoms with van der Waals surface area (Å²) in [5.41, 5.74) is 2.24. The number of para-hydroxylation sites is 2. The lowest BCUT2D eigenvalue weighted by Crippen LogP contribution is -2.49. The smallest absolute Gasteiger partial charge is 0.254 e. The van der Waals surface area contributed by atoms with E-state index in [0.717, 1.165) is 16.9 Å². The molecule has 0 aliphatic carbocycles. The van der Waals surface area contributed by atoms with E-state index < -0.39 is 0 Å². The van der Waals surface area contributed by atoms with Crippen LogP contribution in [0.2, 0.25) is 0 Å². The summed E-state index contributed by atoms with van der Waals surface area (Å²) in [6.45, 7) is 3.95. The van der Waals surface area contributed by atoms with Crippen LogP contribution >= 0.6 is 0 Å². The largest absolute Gasteiger partial charge is 0.352 e. The molecule has 1 aliphatic rings. The van der Waals surface area contributed by atoms with Crippen LogP contribution in [0.4, 0.5) is 11.6 Å². The third-order valence-corrected chi connectivity index (χ3v) is 4.64. The predicted molar refractivity (Wildman–Crippen MR) is 106 cm³/mol. The summed E-state index contributed by atoms with van der Waals surface area (Å²) >= 11 is 0. The second-order valence-electron chi connectivity index (χ2n) is 6.61. The molecule has 0 unspecified atom stereocenters. The first-order valence-electron chi connectivity index (χ1n) is 9.10. The molecule has 0 atom stereocenters. The average molecular weight is 376 g/mol. The van der Waals surface area contributed by atoms with Gasteiger partial charge in [0.05, 0.1) is 17.2 Å². The molecular formula is C20H20N6O2. The van der Waals surface area contributed by atoms with Crippen molar-refractivity contribution in [2.45, 2.75) is 6.92 Å². The SMILES string of the molecule is CC(=O)Nc1cc(C(=O)N2CCN(c3cnc4ccccc4n3)CC2)ccn1. The number of amides is 2. The van der Waals surface area contributed by atoms with Gasteiger partial charge in [0.25, 0.3) is 5.91 Å². The molecule has 8 heteroatoms. The quantitative estimate of drug-likeness (QED) is 0.751. The Morgan fingerprint density at radius 3 is 2.50 bits per heavy atom. The number of carbonyl (C=O) groups is 2. The predicted octanol–water partition coefficient (Wildman–Crippen LogP) is 1.95. The van der Waals surface area contributed by atoms with Gasteiger partial charge >= 0.3 is 0 Å². The molecule has 3 heterocycles. The number of benzene rings is 1. The number of pyridine rings is 1. The molecule has 1 N–H and O–H groups in total. The zero-order chi connectivity index (χ0) is 19.5. The van der Waals surface area contributed by atoms with Gasteiger partial charge in [0.2, 0.25) is 5.91 Å². The lowest BCUT2D eigenvalue weighted by atomic mass is 10.2. The summed E-state index contributed by atoms with van der Waals surface area (Å²) in [7, 11) is 0. The van der Waals surface area contributed by atoms with Crippen LogP contribution in [-0.4, -0.2) is 57.8 Å². The van der Waals surface area contributed by atoms with Gasteiger partial charge < -0.3 is 15.1 Å². The normalized spacial score (nSPS) is 14.2. The van der Waals surface area contributed by atoms with Crippen LogP contribution in [0, 0.1) is 0 Å². The highest BCUT2D eigenvalue weighted by molar-refractivity contribution is 5.96. The molecule has 4 rings (SSSR count). The van der Waals surface area contributed by atoms with Gasteiger partial charge in [-0.05, 0) is 24.3 Å². The number of hydrogen-bond donors (Lipinski definition) is 1. The maximum Gasteiger partial charge on any atom is 0.254 e. The lowest BCUT2D eigenvalue weighted by molar-refractivity contribution is -0.114. The minimum Gasteiger partial charge on any atom is -0.352 e. The fourth-order valence-corrected chi connectivity index (χ4v) is 3.23. The zero-order valence-electron chi connectivity index (χ0n) is 15.5. The Kier molecular flexibility index (Phi) is 4.84. The molecule has 0 bridgehead atoms. The maximum atomic E-state index is 12.8. The zero-order valence-corrected chi connectivity index (χ0v) is 15.5. The van der Waals surface area contributed by atoms with E-state index >= 15 is 0 Å². The van der Waals surface area contributed by atoms with Crippen molar-refractivity contribution in [1.29, 1.82) is 0 Å². The van der Waals surface area contributed by atoms with Crippen LogP contribution in [-0.2, 0) is 4.79 Å². The Morgan fingerprint density at radius 2 is 1.75 bits per heavy atom. The number of hydrogen-bond acceptors (Lipinski definition) is 6. The molecule has 1 aromatic carbocycles. The Labute approximate surface area is 162 Å². The van der Waals surface area contributed by atoms with E-state index in [2.05, 4.69) is 25.2 Å². The number of aromatic nitrogens is 3. The van der Waals surface area contributed by atoms with Crippen LogP contribution in [0.15, 0.2) is 48.8 Å². The highest BCUT2D eigenvalue weighted by atomic mass is 16.2. The van der Waals surface area contributed by atoms with Crippen molar-refractivity contribution >= 4 is 34.5 Å². The second kappa shape index (κ2) is 7.59. The number of nitrogens with one attached hydrogen (secondary N) is 1. The van der Waals surface area contributed by atoms with Crippen LogP contribution in [0.25, 0.3) is 11.0 Å². The average Bonchev–Trinajstić information content (AvgIpc) is 2.73. The Balaban J connectivity index is 1.43. The Bertz CT molecular complexity index is 1030. The fourth-order valence-electron chi connectivity index (χ4n) is 3.23. The van der Waals surface area contributed by atoms with Gasteiger partial charge in [-0.15, -0.1) is 0 Å². The molecule has 1 aliphatic heterocycles. The van der Waals surface area contributed by atoms with E-state index in [9.17, 15) is 9.59 Å². The van der Waals surface area contributed by atoms with Crippen molar-refractivity contribution in [3.63, 3.8) is 0 Å². The summed E-state index contributed by atoms with van der Waals surface area (Å²) in [4.78, 5) is 41.1. The standard InChI is InChI=1S/C20H20N6O2/c1-14(27)23-18-12-15(6-7-21-18)20(28)26-10-8-25(9-11-26)19-13-22-16-4-2-3-5-17(16)24-19/h2-7,12-13H,8-11H2,1H3,(H,21,23,27). The summed E-state index contributed by atoms with van der Waals surface area (Å²) in [5.74, 6) is 0.909.